The van der Waals surface area contributed by atoms with Crippen LogP contribution in [0.4, 0.5) is 4.79 Å². The van der Waals surface area contributed by atoms with E-state index in [1.54, 1.807) is 31.2 Å². The van der Waals surface area contributed by atoms with Crippen LogP contribution >= 0.6 is 0 Å². The highest BCUT2D eigenvalue weighted by Gasteiger charge is 2.31. The minimum atomic E-state index is -1.27. The van der Waals surface area contributed by atoms with Crippen LogP contribution in [-0.2, 0) is 14.3 Å². The van der Waals surface area contributed by atoms with Crippen molar-refractivity contribution in [1.29, 1.82) is 0 Å². The first-order chi connectivity index (χ1) is 10.0. The van der Waals surface area contributed by atoms with E-state index in [1.165, 1.54) is 14.2 Å². The van der Waals surface area contributed by atoms with Crippen LogP contribution in [0.15, 0.2) is 24.3 Å². The van der Waals surface area contributed by atoms with Gasteiger partial charge in [0.15, 0.2) is 6.04 Å². The van der Waals surface area contributed by atoms with Crippen LogP contribution in [-0.4, -0.2) is 44.0 Å². The molecule has 1 aromatic rings. The zero-order valence-electron chi connectivity index (χ0n) is 12.2. The molecule has 1 rings (SSSR count). The summed E-state index contributed by atoms with van der Waals surface area (Å²) in [5, 5.41) is 12.5. The molecule has 0 aromatic heterocycles. The van der Waals surface area contributed by atoms with Crippen molar-refractivity contribution >= 4 is 12.1 Å². The van der Waals surface area contributed by atoms with Gasteiger partial charge in [0.2, 0.25) is 0 Å². The van der Waals surface area contributed by atoms with Crippen LogP contribution in [0.1, 0.15) is 18.6 Å². The van der Waals surface area contributed by atoms with Gasteiger partial charge < -0.3 is 24.6 Å². The van der Waals surface area contributed by atoms with Gasteiger partial charge in [-0.1, -0.05) is 12.1 Å². The Bertz CT molecular complexity index is 473. The predicted octanol–water partition coefficient (Wildman–Crippen LogP) is 1.02. The maximum atomic E-state index is 11.7. The molecule has 0 saturated carbocycles. The Kier molecular flexibility index (Phi) is 6.48. The number of esters is 1. The number of carbonyl (C=O) groups is 2. The quantitative estimate of drug-likeness (QED) is 0.761. The fourth-order valence-corrected chi connectivity index (χ4v) is 1.69. The summed E-state index contributed by atoms with van der Waals surface area (Å²) < 4.78 is 14.3. The van der Waals surface area contributed by atoms with Gasteiger partial charge in [-0.15, -0.1) is 0 Å². The summed E-state index contributed by atoms with van der Waals surface area (Å²) in [6.45, 7) is 1.78. The first-order valence-corrected chi connectivity index (χ1v) is 6.36. The number of carbonyl (C=O) groups excluding carboxylic acids is 2. The molecule has 0 aliphatic rings. The summed E-state index contributed by atoms with van der Waals surface area (Å²) in [5.41, 5.74) is 0.433. The summed E-state index contributed by atoms with van der Waals surface area (Å²) in [6.07, 6.45) is -2.08. The van der Waals surface area contributed by atoms with Crippen molar-refractivity contribution < 1.29 is 28.9 Å². The topological polar surface area (TPSA) is 94.1 Å². The number of hydrogen-bond donors (Lipinski definition) is 2. The van der Waals surface area contributed by atoms with Gasteiger partial charge in [0, 0.05) is 0 Å². The Hall–Kier alpha value is -2.28. The van der Waals surface area contributed by atoms with Crippen molar-refractivity contribution in [2.24, 2.45) is 0 Å². The van der Waals surface area contributed by atoms with E-state index in [0.29, 0.717) is 11.3 Å². The maximum absolute atomic E-state index is 11.7. The van der Waals surface area contributed by atoms with Crippen LogP contribution in [0.3, 0.4) is 0 Å². The Morgan fingerprint density at radius 2 is 1.86 bits per heavy atom. The molecule has 0 bridgehead atoms. The lowest BCUT2D eigenvalue weighted by atomic mass is 10.0. The highest BCUT2D eigenvalue weighted by molar-refractivity contribution is 5.82. The van der Waals surface area contributed by atoms with Crippen molar-refractivity contribution in [3.05, 3.63) is 29.8 Å². The van der Waals surface area contributed by atoms with Crippen molar-refractivity contribution in [3.63, 3.8) is 0 Å². The molecule has 21 heavy (non-hydrogen) atoms. The van der Waals surface area contributed by atoms with Crippen LogP contribution in [0.5, 0.6) is 5.75 Å². The molecule has 7 nitrogen and oxygen atoms in total. The van der Waals surface area contributed by atoms with Gasteiger partial charge in [-0.25, -0.2) is 9.59 Å². The Labute approximate surface area is 122 Å². The minimum Gasteiger partial charge on any atom is -0.497 e. The average Bonchev–Trinajstić information content (AvgIpc) is 2.51. The van der Waals surface area contributed by atoms with Crippen molar-refractivity contribution in [3.8, 4) is 5.75 Å². The van der Waals surface area contributed by atoms with E-state index in [4.69, 9.17) is 9.47 Å². The summed E-state index contributed by atoms with van der Waals surface area (Å²) in [4.78, 5) is 23.2. The zero-order valence-corrected chi connectivity index (χ0v) is 12.2. The van der Waals surface area contributed by atoms with Crippen LogP contribution in [0.2, 0.25) is 0 Å². The number of rotatable bonds is 6. The molecule has 0 heterocycles. The van der Waals surface area contributed by atoms with Crippen molar-refractivity contribution in [2.45, 2.75) is 19.1 Å². The highest BCUT2D eigenvalue weighted by atomic mass is 16.6. The van der Waals surface area contributed by atoms with Gasteiger partial charge in [0.1, 0.15) is 11.9 Å². The van der Waals surface area contributed by atoms with Gasteiger partial charge in [0.25, 0.3) is 0 Å². The summed E-state index contributed by atoms with van der Waals surface area (Å²) >= 11 is 0. The van der Waals surface area contributed by atoms with Crippen molar-refractivity contribution in [2.75, 3.05) is 20.8 Å². The van der Waals surface area contributed by atoms with E-state index >= 15 is 0 Å². The second-order valence-corrected chi connectivity index (χ2v) is 4.08. The molecule has 0 aliphatic heterocycles. The van der Waals surface area contributed by atoms with E-state index < -0.39 is 24.2 Å². The Balaban J connectivity index is 2.90. The third-order valence-corrected chi connectivity index (χ3v) is 2.78. The molecule has 1 amide bonds. The van der Waals surface area contributed by atoms with E-state index in [2.05, 4.69) is 10.1 Å². The number of hydrogen-bond acceptors (Lipinski definition) is 6. The number of amides is 1. The molecule has 0 radical (unpaired) electrons. The van der Waals surface area contributed by atoms with Gasteiger partial charge in [-0.05, 0) is 24.6 Å². The number of ether oxygens (including phenoxy) is 3. The number of alkyl carbamates (subject to hydrolysis) is 1. The first-order valence-electron chi connectivity index (χ1n) is 6.36. The second-order valence-electron chi connectivity index (χ2n) is 4.08. The molecule has 0 spiro atoms. The van der Waals surface area contributed by atoms with Gasteiger partial charge in [0.05, 0.1) is 20.8 Å². The zero-order chi connectivity index (χ0) is 15.8. The van der Waals surface area contributed by atoms with E-state index in [9.17, 15) is 14.7 Å². The lowest BCUT2D eigenvalue weighted by molar-refractivity contribution is -0.146. The molecule has 1 aromatic carbocycles. The fourth-order valence-electron chi connectivity index (χ4n) is 1.69. The molecular formula is C14H19NO6. The Morgan fingerprint density at radius 3 is 2.33 bits per heavy atom. The number of benzene rings is 1. The molecular weight excluding hydrogens is 278 g/mol. The molecule has 0 unspecified atom stereocenters. The van der Waals surface area contributed by atoms with E-state index in [0.717, 1.165) is 0 Å². The normalized spacial score (nSPS) is 13.0. The molecule has 0 aliphatic carbocycles. The average molecular weight is 297 g/mol. The molecule has 7 heteroatoms. The van der Waals surface area contributed by atoms with E-state index in [-0.39, 0.29) is 6.61 Å². The maximum Gasteiger partial charge on any atom is 0.407 e. The van der Waals surface area contributed by atoms with E-state index in [1.807, 2.05) is 0 Å². The summed E-state index contributed by atoms with van der Waals surface area (Å²) in [7, 11) is 2.69. The smallest absolute Gasteiger partial charge is 0.407 e. The second kappa shape index (κ2) is 8.11. The van der Waals surface area contributed by atoms with Gasteiger partial charge in [-0.2, -0.15) is 0 Å². The van der Waals surface area contributed by atoms with Crippen LogP contribution in [0.25, 0.3) is 0 Å². The molecule has 2 N–H and O–H groups in total. The molecule has 0 saturated heterocycles. The molecule has 0 fully saturated rings. The predicted molar refractivity (Wildman–Crippen MR) is 73.9 cm³/mol. The first kappa shape index (κ1) is 16.8. The molecule has 116 valence electrons. The van der Waals surface area contributed by atoms with Crippen LogP contribution in [0, 0.1) is 0 Å². The summed E-state index contributed by atoms with van der Waals surface area (Å²) in [5.74, 6) is -0.162. The monoisotopic (exact) mass is 297 g/mol. The summed E-state index contributed by atoms with van der Waals surface area (Å²) in [6, 6.07) is 5.19. The molecule has 2 atom stereocenters. The standard InChI is InChI=1S/C14H19NO6/c1-4-21-14(18)15-11(13(17)20-3)12(16)9-5-7-10(19-2)8-6-9/h5-8,11-12,16H,4H2,1-3H3,(H,15,18)/t11-,12+/m1/s1. The largest absolute Gasteiger partial charge is 0.497 e. The fraction of sp³-hybridized carbons (Fsp3) is 0.429. The van der Waals surface area contributed by atoms with Gasteiger partial charge in [-0.3, -0.25) is 0 Å². The number of aliphatic hydroxyl groups excluding tert-OH is 1. The van der Waals surface area contributed by atoms with Gasteiger partial charge >= 0.3 is 12.1 Å². The number of aliphatic hydroxyl groups is 1. The Morgan fingerprint density at radius 1 is 1.24 bits per heavy atom. The van der Waals surface area contributed by atoms with Crippen LogP contribution < -0.4 is 10.1 Å². The minimum absolute atomic E-state index is 0.151. The lowest BCUT2D eigenvalue weighted by Gasteiger charge is -2.22. The van der Waals surface area contributed by atoms with Crippen molar-refractivity contribution in [1.82, 2.24) is 5.32 Å². The highest BCUT2D eigenvalue weighted by Crippen LogP contribution is 2.21. The number of nitrogens with one attached hydrogen (secondary N) is 1. The lowest BCUT2D eigenvalue weighted by Crippen LogP contribution is -2.45. The number of methoxy groups -OCH3 is 2. The SMILES string of the molecule is CCOC(=O)N[C@@H](C(=O)OC)[C@@H](O)c1ccc(OC)cc1. The third-order valence-electron chi connectivity index (χ3n) is 2.78. The third kappa shape index (κ3) is 4.64.